The van der Waals surface area contributed by atoms with Gasteiger partial charge in [0.25, 0.3) is 10.0 Å². The molecule has 2 rings (SSSR count). The lowest BCUT2D eigenvalue weighted by atomic mass is 10.2. The van der Waals surface area contributed by atoms with E-state index in [1.54, 1.807) is 7.05 Å². The van der Waals surface area contributed by atoms with Crippen molar-refractivity contribution in [3.63, 3.8) is 0 Å². The lowest BCUT2D eigenvalue weighted by Crippen LogP contribution is -2.40. The minimum absolute atomic E-state index is 0.290. The zero-order valence-corrected chi connectivity index (χ0v) is 15.4. The summed E-state index contributed by atoms with van der Waals surface area (Å²) < 4.78 is 27.4. The van der Waals surface area contributed by atoms with Gasteiger partial charge >= 0.3 is 0 Å². The molecule has 1 aromatic rings. The molecule has 0 radical (unpaired) electrons. The molecule has 0 spiro atoms. The van der Waals surface area contributed by atoms with Gasteiger partial charge in [-0.3, -0.25) is 4.90 Å². The second kappa shape index (κ2) is 6.62. The highest BCUT2D eigenvalue weighted by Crippen LogP contribution is 2.35. The van der Waals surface area contributed by atoms with Gasteiger partial charge in [0, 0.05) is 19.6 Å². The largest absolute Gasteiger partial charge is 0.299 e. The SMILES string of the molecule is CCN1CCCC1CN(C)S(=O)(=O)c1cc(Cl)c(Br)s1. The zero-order chi connectivity index (χ0) is 14.9. The van der Waals surface area contributed by atoms with Crippen molar-refractivity contribution >= 4 is 48.9 Å². The topological polar surface area (TPSA) is 40.6 Å². The third kappa shape index (κ3) is 3.39. The second-order valence-corrected chi connectivity index (χ2v) is 9.95. The molecule has 1 saturated heterocycles. The van der Waals surface area contributed by atoms with Crippen LogP contribution in [0.25, 0.3) is 0 Å². The van der Waals surface area contributed by atoms with Crippen LogP contribution in [0, 0.1) is 0 Å². The molecule has 0 N–H and O–H groups in total. The maximum atomic E-state index is 12.5. The molecule has 1 fully saturated rings. The molecule has 0 amide bonds. The molecule has 0 saturated carbocycles. The standard InChI is InChI=1S/C12H18BrClN2O2S2/c1-3-16-6-4-5-9(16)8-15(2)20(17,18)11-7-10(14)12(13)19-11/h7,9H,3-6,8H2,1-2H3. The van der Waals surface area contributed by atoms with Crippen molar-refractivity contribution in [1.29, 1.82) is 0 Å². The molecule has 0 aromatic carbocycles. The van der Waals surface area contributed by atoms with E-state index in [-0.39, 0.29) is 4.21 Å². The van der Waals surface area contributed by atoms with E-state index < -0.39 is 10.0 Å². The summed E-state index contributed by atoms with van der Waals surface area (Å²) in [5.41, 5.74) is 0. The molecule has 8 heteroatoms. The highest BCUT2D eigenvalue weighted by molar-refractivity contribution is 9.11. The number of hydrogen-bond acceptors (Lipinski definition) is 4. The van der Waals surface area contributed by atoms with Gasteiger partial charge in [-0.2, -0.15) is 4.31 Å². The van der Waals surface area contributed by atoms with Crippen LogP contribution < -0.4 is 0 Å². The van der Waals surface area contributed by atoms with Gasteiger partial charge in [-0.05, 0) is 47.9 Å². The monoisotopic (exact) mass is 400 g/mol. The Balaban J connectivity index is 2.13. The Morgan fingerprint density at radius 1 is 1.60 bits per heavy atom. The minimum atomic E-state index is -3.45. The first kappa shape index (κ1) is 16.7. The van der Waals surface area contributed by atoms with E-state index in [4.69, 9.17) is 11.6 Å². The van der Waals surface area contributed by atoms with Crippen LogP contribution in [0.4, 0.5) is 0 Å². The molecule has 1 aliphatic heterocycles. The van der Waals surface area contributed by atoms with Gasteiger partial charge in [0.05, 0.1) is 8.81 Å². The van der Waals surface area contributed by atoms with E-state index in [0.29, 0.717) is 21.4 Å². The Kier molecular flexibility index (Phi) is 5.53. The summed E-state index contributed by atoms with van der Waals surface area (Å²) >= 11 is 10.3. The molecule has 4 nitrogen and oxygen atoms in total. The number of likely N-dealkylation sites (N-methyl/N-ethyl adjacent to an activating group) is 2. The fraction of sp³-hybridized carbons (Fsp3) is 0.667. The Morgan fingerprint density at radius 2 is 2.30 bits per heavy atom. The molecule has 114 valence electrons. The van der Waals surface area contributed by atoms with Gasteiger partial charge in [-0.1, -0.05) is 18.5 Å². The van der Waals surface area contributed by atoms with Crippen molar-refractivity contribution in [3.8, 4) is 0 Å². The number of rotatable bonds is 5. The number of likely N-dealkylation sites (tertiary alicyclic amines) is 1. The van der Waals surface area contributed by atoms with Crippen LogP contribution in [0.3, 0.4) is 0 Å². The Bertz CT molecular complexity index is 557. The molecule has 1 aromatic heterocycles. The first-order valence-electron chi connectivity index (χ1n) is 6.51. The molecule has 2 heterocycles. The quantitative estimate of drug-likeness (QED) is 0.760. The van der Waals surface area contributed by atoms with Crippen LogP contribution in [0.5, 0.6) is 0 Å². The van der Waals surface area contributed by atoms with Gasteiger partial charge < -0.3 is 0 Å². The Labute approximate surface area is 137 Å². The predicted octanol–water partition coefficient (Wildman–Crippen LogP) is 3.27. The van der Waals surface area contributed by atoms with Crippen molar-refractivity contribution < 1.29 is 8.42 Å². The van der Waals surface area contributed by atoms with E-state index in [0.717, 1.165) is 37.3 Å². The lowest BCUT2D eigenvalue weighted by molar-refractivity contribution is 0.238. The Hall–Kier alpha value is 0.340. The minimum Gasteiger partial charge on any atom is -0.299 e. The average molecular weight is 402 g/mol. The van der Waals surface area contributed by atoms with E-state index in [1.165, 1.54) is 10.4 Å². The van der Waals surface area contributed by atoms with Crippen molar-refractivity contribution in [3.05, 3.63) is 14.9 Å². The highest BCUT2D eigenvalue weighted by Gasteiger charge is 2.30. The first-order valence-corrected chi connectivity index (χ1v) is 9.94. The number of nitrogens with zero attached hydrogens (tertiary/aromatic N) is 2. The summed E-state index contributed by atoms with van der Waals surface area (Å²) in [6.07, 6.45) is 2.20. The van der Waals surface area contributed by atoms with Gasteiger partial charge in [0.2, 0.25) is 0 Å². The van der Waals surface area contributed by atoms with E-state index in [9.17, 15) is 8.42 Å². The normalized spacial score (nSPS) is 20.9. The summed E-state index contributed by atoms with van der Waals surface area (Å²) in [7, 11) is -1.81. The summed E-state index contributed by atoms with van der Waals surface area (Å²) in [4.78, 5) is 2.34. The maximum absolute atomic E-state index is 12.5. The van der Waals surface area contributed by atoms with Gasteiger partial charge in [-0.15, -0.1) is 11.3 Å². The van der Waals surface area contributed by atoms with Crippen LogP contribution in [0.15, 0.2) is 14.1 Å². The van der Waals surface area contributed by atoms with Crippen LogP contribution in [-0.4, -0.2) is 50.3 Å². The molecule has 20 heavy (non-hydrogen) atoms. The number of sulfonamides is 1. The molecular weight excluding hydrogens is 384 g/mol. The second-order valence-electron chi connectivity index (χ2n) is 4.90. The molecule has 1 aliphatic rings. The number of halogens is 2. The van der Waals surface area contributed by atoms with Crippen LogP contribution >= 0.6 is 38.9 Å². The molecule has 0 aliphatic carbocycles. The molecule has 0 bridgehead atoms. The summed E-state index contributed by atoms with van der Waals surface area (Å²) in [5.74, 6) is 0. The van der Waals surface area contributed by atoms with Crippen molar-refractivity contribution in [2.45, 2.75) is 30.0 Å². The van der Waals surface area contributed by atoms with Gasteiger partial charge in [0.15, 0.2) is 0 Å². The predicted molar refractivity (Wildman–Crippen MR) is 87.1 cm³/mol. The van der Waals surface area contributed by atoms with E-state index in [2.05, 4.69) is 27.8 Å². The molecule has 1 atom stereocenters. The van der Waals surface area contributed by atoms with Crippen LogP contribution in [-0.2, 0) is 10.0 Å². The lowest BCUT2D eigenvalue weighted by Gasteiger charge is -2.26. The van der Waals surface area contributed by atoms with Crippen LogP contribution in [0.2, 0.25) is 5.02 Å². The van der Waals surface area contributed by atoms with Crippen LogP contribution in [0.1, 0.15) is 19.8 Å². The first-order chi connectivity index (χ1) is 9.36. The maximum Gasteiger partial charge on any atom is 0.252 e. The van der Waals surface area contributed by atoms with Gasteiger partial charge in [0.1, 0.15) is 4.21 Å². The third-order valence-electron chi connectivity index (χ3n) is 3.66. The van der Waals surface area contributed by atoms with Gasteiger partial charge in [-0.25, -0.2) is 8.42 Å². The fourth-order valence-corrected chi connectivity index (χ4v) is 6.34. The summed E-state index contributed by atoms with van der Waals surface area (Å²) in [5, 5.41) is 0.443. The number of thiophene rings is 1. The van der Waals surface area contributed by atoms with Crippen molar-refractivity contribution in [2.24, 2.45) is 0 Å². The zero-order valence-electron chi connectivity index (χ0n) is 11.5. The number of hydrogen-bond donors (Lipinski definition) is 0. The van der Waals surface area contributed by atoms with E-state index in [1.807, 2.05) is 0 Å². The molecule has 1 unspecified atom stereocenters. The third-order valence-corrected chi connectivity index (χ3v) is 8.41. The summed E-state index contributed by atoms with van der Waals surface area (Å²) in [6.45, 7) is 4.67. The fourth-order valence-electron chi connectivity index (χ4n) is 2.52. The smallest absolute Gasteiger partial charge is 0.252 e. The average Bonchev–Trinajstić information content (AvgIpc) is 2.97. The van der Waals surface area contributed by atoms with Crippen molar-refractivity contribution in [2.75, 3.05) is 26.7 Å². The highest BCUT2D eigenvalue weighted by atomic mass is 79.9. The Morgan fingerprint density at radius 3 is 2.85 bits per heavy atom. The van der Waals surface area contributed by atoms with Crippen molar-refractivity contribution in [1.82, 2.24) is 9.21 Å². The van der Waals surface area contributed by atoms with E-state index >= 15 is 0 Å². The summed E-state index contributed by atoms with van der Waals surface area (Å²) in [6, 6.07) is 1.83. The molecular formula is C12H18BrClN2O2S2.